The lowest BCUT2D eigenvalue weighted by Gasteiger charge is -2.25. The summed E-state index contributed by atoms with van der Waals surface area (Å²) in [5.41, 5.74) is 3.27. The van der Waals surface area contributed by atoms with Crippen molar-refractivity contribution in [3.63, 3.8) is 0 Å². The van der Waals surface area contributed by atoms with E-state index in [4.69, 9.17) is 4.98 Å². The van der Waals surface area contributed by atoms with Gasteiger partial charge in [-0.15, -0.1) is 0 Å². The molecule has 149 valence electrons. The molecule has 5 rings (SSSR count). The number of aromatic nitrogens is 3. The predicted molar refractivity (Wildman–Crippen MR) is 115 cm³/mol. The SMILES string of the molecule is Fc1ccccc1-c1nc(N2CCCCC2)sc1-c1n[c]ncc1C1CCCC1. The summed E-state index contributed by atoms with van der Waals surface area (Å²) in [5, 5.41) is 0.967. The summed E-state index contributed by atoms with van der Waals surface area (Å²) in [7, 11) is 0. The average Bonchev–Trinajstić information content (AvgIpc) is 3.45. The molecule has 6 heteroatoms. The van der Waals surface area contributed by atoms with Crippen molar-refractivity contribution in [2.75, 3.05) is 18.0 Å². The first-order valence-corrected chi connectivity index (χ1v) is 11.4. The van der Waals surface area contributed by atoms with Gasteiger partial charge in [-0.3, -0.25) is 0 Å². The third kappa shape index (κ3) is 3.66. The molecule has 1 aliphatic carbocycles. The maximum Gasteiger partial charge on any atom is 0.198 e. The van der Waals surface area contributed by atoms with E-state index in [0.29, 0.717) is 17.2 Å². The molecule has 1 saturated heterocycles. The molecule has 1 aliphatic heterocycles. The summed E-state index contributed by atoms with van der Waals surface area (Å²) in [6.45, 7) is 2.02. The van der Waals surface area contributed by atoms with Crippen molar-refractivity contribution in [2.45, 2.75) is 50.9 Å². The molecule has 0 amide bonds. The Morgan fingerprint density at radius 1 is 1.00 bits per heavy atom. The molecule has 0 atom stereocenters. The van der Waals surface area contributed by atoms with Crippen LogP contribution in [0.3, 0.4) is 0 Å². The molecule has 3 heterocycles. The van der Waals surface area contributed by atoms with Gasteiger partial charge in [0.15, 0.2) is 11.5 Å². The number of halogens is 1. The Kier molecular flexibility index (Phi) is 5.27. The van der Waals surface area contributed by atoms with Crippen molar-refractivity contribution in [1.82, 2.24) is 15.0 Å². The zero-order valence-corrected chi connectivity index (χ0v) is 17.2. The Morgan fingerprint density at radius 3 is 2.59 bits per heavy atom. The first-order valence-electron chi connectivity index (χ1n) is 10.6. The minimum atomic E-state index is -0.246. The molecule has 0 N–H and O–H groups in total. The second kappa shape index (κ2) is 8.19. The van der Waals surface area contributed by atoms with Crippen molar-refractivity contribution < 1.29 is 4.39 Å². The lowest BCUT2D eigenvalue weighted by atomic mass is 9.96. The molecule has 0 unspecified atom stereocenters. The van der Waals surface area contributed by atoms with E-state index in [1.54, 1.807) is 17.4 Å². The molecule has 0 bridgehead atoms. The van der Waals surface area contributed by atoms with Crippen LogP contribution in [0.2, 0.25) is 0 Å². The standard InChI is InChI=1S/C23H24FN4S/c24-19-11-5-4-10-17(19)21-22(29-23(27-21)28-12-6-1-7-13-28)20-18(14-25-15-26-20)16-8-2-3-9-16/h4-5,10-11,14,16H,1-3,6-9,12-13H2. The highest BCUT2D eigenvalue weighted by Gasteiger charge is 2.27. The Morgan fingerprint density at radius 2 is 1.79 bits per heavy atom. The number of rotatable bonds is 4. The molecule has 2 fully saturated rings. The van der Waals surface area contributed by atoms with Crippen LogP contribution in [0.5, 0.6) is 0 Å². The number of anilines is 1. The Balaban J connectivity index is 1.66. The number of nitrogens with zero attached hydrogens (tertiary/aromatic N) is 4. The third-order valence-corrected chi connectivity index (χ3v) is 7.20. The first kappa shape index (κ1) is 18.7. The van der Waals surface area contributed by atoms with Crippen LogP contribution in [0, 0.1) is 12.1 Å². The summed E-state index contributed by atoms with van der Waals surface area (Å²) in [4.78, 5) is 17.0. The van der Waals surface area contributed by atoms with E-state index in [1.165, 1.54) is 38.2 Å². The zero-order valence-electron chi connectivity index (χ0n) is 16.4. The molecule has 2 aromatic heterocycles. The molecule has 4 nitrogen and oxygen atoms in total. The lowest BCUT2D eigenvalue weighted by molar-refractivity contribution is 0.577. The molecular weight excluding hydrogens is 383 g/mol. The van der Waals surface area contributed by atoms with Crippen LogP contribution in [0.4, 0.5) is 9.52 Å². The van der Waals surface area contributed by atoms with Crippen molar-refractivity contribution in [2.24, 2.45) is 0 Å². The highest BCUT2D eigenvalue weighted by molar-refractivity contribution is 7.19. The normalized spacial score (nSPS) is 17.8. The summed E-state index contributed by atoms with van der Waals surface area (Å²) >= 11 is 1.63. The minimum Gasteiger partial charge on any atom is -0.348 e. The van der Waals surface area contributed by atoms with Gasteiger partial charge in [-0.25, -0.2) is 19.3 Å². The molecule has 1 saturated carbocycles. The number of piperidine rings is 1. The highest BCUT2D eigenvalue weighted by Crippen LogP contribution is 2.45. The highest BCUT2D eigenvalue weighted by atomic mass is 32.1. The van der Waals surface area contributed by atoms with E-state index in [-0.39, 0.29) is 5.82 Å². The van der Waals surface area contributed by atoms with E-state index >= 15 is 0 Å². The molecular formula is C23H24FN4S. The van der Waals surface area contributed by atoms with Crippen LogP contribution in [0.1, 0.15) is 56.4 Å². The lowest BCUT2D eigenvalue weighted by Crippen LogP contribution is -2.29. The fourth-order valence-corrected chi connectivity index (χ4v) is 5.69. The smallest absolute Gasteiger partial charge is 0.198 e. The van der Waals surface area contributed by atoms with E-state index in [1.807, 2.05) is 18.3 Å². The maximum atomic E-state index is 14.7. The van der Waals surface area contributed by atoms with Gasteiger partial charge in [-0.1, -0.05) is 36.3 Å². The summed E-state index contributed by atoms with van der Waals surface area (Å²) in [6, 6.07) is 6.90. The summed E-state index contributed by atoms with van der Waals surface area (Å²) in [5.74, 6) is 0.221. The van der Waals surface area contributed by atoms with Crippen molar-refractivity contribution in [3.05, 3.63) is 48.2 Å². The number of hydrogen-bond donors (Lipinski definition) is 0. The van der Waals surface area contributed by atoms with Crippen molar-refractivity contribution in [3.8, 4) is 21.8 Å². The van der Waals surface area contributed by atoms with Gasteiger partial charge >= 0.3 is 0 Å². The van der Waals surface area contributed by atoms with Crippen LogP contribution in [-0.4, -0.2) is 28.0 Å². The quantitative estimate of drug-likeness (QED) is 0.544. The van der Waals surface area contributed by atoms with Gasteiger partial charge in [0, 0.05) is 30.4 Å². The molecule has 0 spiro atoms. The molecule has 2 aliphatic rings. The van der Waals surface area contributed by atoms with Crippen LogP contribution in [0.15, 0.2) is 30.5 Å². The Hall–Kier alpha value is -2.34. The molecule has 1 radical (unpaired) electrons. The van der Waals surface area contributed by atoms with Gasteiger partial charge in [-0.05, 0) is 50.2 Å². The molecule has 1 aromatic carbocycles. The monoisotopic (exact) mass is 407 g/mol. The second-order valence-electron chi connectivity index (χ2n) is 7.96. The van der Waals surface area contributed by atoms with Crippen molar-refractivity contribution >= 4 is 16.5 Å². The topological polar surface area (TPSA) is 41.9 Å². The van der Waals surface area contributed by atoms with Gasteiger partial charge in [0.25, 0.3) is 0 Å². The average molecular weight is 408 g/mol. The van der Waals surface area contributed by atoms with Crippen LogP contribution >= 0.6 is 11.3 Å². The van der Waals surface area contributed by atoms with Gasteiger partial charge in [-0.2, -0.15) is 0 Å². The summed E-state index contributed by atoms with van der Waals surface area (Å²) in [6.07, 6.45) is 13.1. The van der Waals surface area contributed by atoms with Crippen molar-refractivity contribution in [1.29, 1.82) is 0 Å². The predicted octanol–water partition coefficient (Wildman–Crippen LogP) is 5.85. The minimum absolute atomic E-state index is 0.246. The van der Waals surface area contributed by atoms with Gasteiger partial charge in [0.2, 0.25) is 0 Å². The number of thiazole rings is 1. The van der Waals surface area contributed by atoms with Gasteiger partial charge < -0.3 is 4.90 Å². The van der Waals surface area contributed by atoms with E-state index in [0.717, 1.165) is 47.2 Å². The van der Waals surface area contributed by atoms with E-state index in [2.05, 4.69) is 21.2 Å². The number of hydrogen-bond acceptors (Lipinski definition) is 5. The zero-order chi connectivity index (χ0) is 19.6. The third-order valence-electron chi connectivity index (χ3n) is 6.08. The maximum absolute atomic E-state index is 14.7. The fraction of sp³-hybridized carbons (Fsp3) is 0.435. The van der Waals surface area contributed by atoms with E-state index < -0.39 is 0 Å². The van der Waals surface area contributed by atoms with Gasteiger partial charge in [0.05, 0.1) is 16.3 Å². The van der Waals surface area contributed by atoms with Crippen LogP contribution in [0.25, 0.3) is 21.8 Å². The van der Waals surface area contributed by atoms with Crippen LogP contribution < -0.4 is 4.90 Å². The summed E-state index contributed by atoms with van der Waals surface area (Å²) < 4.78 is 14.7. The molecule has 3 aromatic rings. The van der Waals surface area contributed by atoms with E-state index in [9.17, 15) is 4.39 Å². The fourth-order valence-electron chi connectivity index (χ4n) is 4.55. The Labute approximate surface area is 174 Å². The largest absolute Gasteiger partial charge is 0.348 e. The number of benzene rings is 1. The van der Waals surface area contributed by atoms with Crippen LogP contribution in [-0.2, 0) is 0 Å². The van der Waals surface area contributed by atoms with Gasteiger partial charge in [0.1, 0.15) is 5.82 Å². The Bertz CT molecular complexity index is 990. The first-order chi connectivity index (χ1) is 14.3. The second-order valence-corrected chi connectivity index (χ2v) is 8.93. The molecule has 29 heavy (non-hydrogen) atoms.